The lowest BCUT2D eigenvalue weighted by Crippen LogP contribution is -2.10. The maximum atomic E-state index is 13.4. The van der Waals surface area contributed by atoms with Crippen LogP contribution in [0.1, 0.15) is 29.5 Å². The smallest absolute Gasteiger partial charge is 0.310 e. The van der Waals surface area contributed by atoms with Crippen LogP contribution in [0.15, 0.2) is 12.1 Å². The Kier molecular flexibility index (Phi) is 2.89. The van der Waals surface area contributed by atoms with Gasteiger partial charge in [0.15, 0.2) is 0 Å². The van der Waals surface area contributed by atoms with Gasteiger partial charge in [-0.15, -0.1) is 0 Å². The van der Waals surface area contributed by atoms with Crippen LogP contribution in [0.2, 0.25) is 0 Å². The first-order valence-electron chi connectivity index (χ1n) is 4.43. The third-order valence-corrected chi connectivity index (χ3v) is 2.46. The lowest BCUT2D eigenvalue weighted by Gasteiger charge is -2.12. The molecular formula is C11H13FO2. The average molecular weight is 196 g/mol. The second kappa shape index (κ2) is 3.78. The summed E-state index contributed by atoms with van der Waals surface area (Å²) < 4.78 is 13.4. The number of carboxylic acids is 1. The summed E-state index contributed by atoms with van der Waals surface area (Å²) in [4.78, 5) is 10.7. The zero-order valence-electron chi connectivity index (χ0n) is 8.47. The van der Waals surface area contributed by atoms with Crippen LogP contribution < -0.4 is 0 Å². The maximum Gasteiger partial charge on any atom is 0.310 e. The van der Waals surface area contributed by atoms with Crippen molar-refractivity contribution in [3.63, 3.8) is 0 Å². The van der Waals surface area contributed by atoms with E-state index in [1.165, 1.54) is 0 Å². The minimum atomic E-state index is -0.934. The molecule has 0 aliphatic rings. The lowest BCUT2D eigenvalue weighted by atomic mass is 9.94. The van der Waals surface area contributed by atoms with Crippen LogP contribution in [0.4, 0.5) is 4.39 Å². The molecule has 1 N–H and O–H groups in total. The number of hydrogen-bond donors (Lipinski definition) is 1. The quantitative estimate of drug-likeness (QED) is 0.789. The Hall–Kier alpha value is -1.38. The topological polar surface area (TPSA) is 37.3 Å². The molecule has 2 nitrogen and oxygen atoms in total. The Morgan fingerprint density at radius 3 is 2.50 bits per heavy atom. The number of benzene rings is 1. The number of carbonyl (C=O) groups is 1. The van der Waals surface area contributed by atoms with E-state index in [1.807, 2.05) is 0 Å². The largest absolute Gasteiger partial charge is 0.481 e. The van der Waals surface area contributed by atoms with E-state index in [-0.39, 0.29) is 5.82 Å². The summed E-state index contributed by atoms with van der Waals surface area (Å²) in [5.74, 6) is -1.91. The number of halogens is 1. The molecule has 0 aromatic heterocycles. The third-order valence-electron chi connectivity index (χ3n) is 2.46. The number of hydrogen-bond acceptors (Lipinski definition) is 1. The summed E-state index contributed by atoms with van der Waals surface area (Å²) >= 11 is 0. The second-order valence-corrected chi connectivity index (χ2v) is 3.47. The molecular weight excluding hydrogens is 183 g/mol. The SMILES string of the molecule is Cc1ccc(C(C)C(=O)O)c(C)c1F. The van der Waals surface area contributed by atoms with Gasteiger partial charge in [0.2, 0.25) is 0 Å². The van der Waals surface area contributed by atoms with Crippen molar-refractivity contribution < 1.29 is 14.3 Å². The van der Waals surface area contributed by atoms with Crippen LogP contribution in [0, 0.1) is 19.7 Å². The molecule has 1 aromatic carbocycles. The van der Waals surface area contributed by atoms with Gasteiger partial charge < -0.3 is 5.11 Å². The van der Waals surface area contributed by atoms with Crippen LogP contribution in [0.25, 0.3) is 0 Å². The van der Waals surface area contributed by atoms with Crippen molar-refractivity contribution >= 4 is 5.97 Å². The van der Waals surface area contributed by atoms with Gasteiger partial charge in [0.25, 0.3) is 0 Å². The molecule has 0 aliphatic heterocycles. The number of carboxylic acid groups (broad SMARTS) is 1. The molecule has 3 heteroatoms. The fourth-order valence-corrected chi connectivity index (χ4v) is 1.44. The molecule has 0 spiro atoms. The highest BCUT2D eigenvalue weighted by molar-refractivity contribution is 5.76. The normalized spacial score (nSPS) is 12.6. The Bertz CT molecular complexity index is 372. The second-order valence-electron chi connectivity index (χ2n) is 3.47. The molecule has 0 saturated heterocycles. The number of aliphatic carboxylic acids is 1. The number of aryl methyl sites for hydroxylation is 1. The third kappa shape index (κ3) is 1.76. The molecule has 14 heavy (non-hydrogen) atoms. The summed E-state index contributed by atoms with van der Waals surface area (Å²) in [6.45, 7) is 4.83. The number of rotatable bonds is 2. The molecule has 0 aliphatic carbocycles. The predicted octanol–water partition coefficient (Wildman–Crippen LogP) is 2.63. The van der Waals surface area contributed by atoms with Gasteiger partial charge in [0.05, 0.1) is 5.92 Å². The van der Waals surface area contributed by atoms with Crippen LogP contribution in [0.5, 0.6) is 0 Å². The molecule has 0 radical (unpaired) electrons. The highest BCUT2D eigenvalue weighted by Gasteiger charge is 2.18. The van der Waals surface area contributed by atoms with Gasteiger partial charge in [0.1, 0.15) is 5.82 Å². The molecule has 0 bridgehead atoms. The van der Waals surface area contributed by atoms with Crippen molar-refractivity contribution in [3.05, 3.63) is 34.6 Å². The van der Waals surface area contributed by atoms with E-state index in [1.54, 1.807) is 32.9 Å². The van der Waals surface area contributed by atoms with Crippen LogP contribution in [0.3, 0.4) is 0 Å². The fraction of sp³-hybridized carbons (Fsp3) is 0.364. The average Bonchev–Trinajstić information content (AvgIpc) is 2.13. The van der Waals surface area contributed by atoms with Crippen molar-refractivity contribution in [2.24, 2.45) is 0 Å². The highest BCUT2D eigenvalue weighted by Crippen LogP contribution is 2.23. The van der Waals surface area contributed by atoms with Crippen molar-refractivity contribution in [3.8, 4) is 0 Å². The summed E-state index contributed by atoms with van der Waals surface area (Å²) in [6.07, 6.45) is 0. The van der Waals surface area contributed by atoms with E-state index in [4.69, 9.17) is 5.11 Å². The zero-order valence-corrected chi connectivity index (χ0v) is 8.47. The van der Waals surface area contributed by atoms with Gasteiger partial charge in [-0.1, -0.05) is 12.1 Å². The molecule has 1 unspecified atom stereocenters. The van der Waals surface area contributed by atoms with Gasteiger partial charge >= 0.3 is 5.97 Å². The van der Waals surface area contributed by atoms with Crippen molar-refractivity contribution in [1.82, 2.24) is 0 Å². The van der Waals surface area contributed by atoms with E-state index in [2.05, 4.69) is 0 Å². The molecule has 0 heterocycles. The first-order chi connectivity index (χ1) is 6.45. The van der Waals surface area contributed by atoms with E-state index >= 15 is 0 Å². The molecule has 1 rings (SSSR count). The first-order valence-corrected chi connectivity index (χ1v) is 4.43. The van der Waals surface area contributed by atoms with E-state index < -0.39 is 11.9 Å². The van der Waals surface area contributed by atoms with Crippen LogP contribution in [-0.4, -0.2) is 11.1 Å². The van der Waals surface area contributed by atoms with Crippen molar-refractivity contribution in [1.29, 1.82) is 0 Å². The molecule has 0 amide bonds. The van der Waals surface area contributed by atoms with Crippen LogP contribution in [-0.2, 0) is 4.79 Å². The van der Waals surface area contributed by atoms with E-state index in [0.29, 0.717) is 16.7 Å². The van der Waals surface area contributed by atoms with Gasteiger partial charge in [-0.05, 0) is 37.5 Å². The molecule has 1 aromatic rings. The van der Waals surface area contributed by atoms with E-state index in [0.717, 1.165) is 0 Å². The fourth-order valence-electron chi connectivity index (χ4n) is 1.44. The molecule has 1 atom stereocenters. The highest BCUT2D eigenvalue weighted by atomic mass is 19.1. The summed E-state index contributed by atoms with van der Waals surface area (Å²) in [5.41, 5.74) is 1.52. The Morgan fingerprint density at radius 2 is 2.00 bits per heavy atom. The standard InChI is InChI=1S/C11H13FO2/c1-6-4-5-9(7(2)10(6)12)8(3)11(13)14/h4-5,8H,1-3H3,(H,13,14). The Balaban J connectivity index is 3.24. The van der Waals surface area contributed by atoms with E-state index in [9.17, 15) is 9.18 Å². The maximum absolute atomic E-state index is 13.4. The molecule has 0 fully saturated rings. The van der Waals surface area contributed by atoms with Gasteiger partial charge in [-0.3, -0.25) is 4.79 Å². The van der Waals surface area contributed by atoms with Gasteiger partial charge in [-0.25, -0.2) is 4.39 Å². The Labute approximate surface area is 82.4 Å². The summed E-state index contributed by atoms with van der Waals surface area (Å²) in [6, 6.07) is 3.28. The molecule has 76 valence electrons. The minimum absolute atomic E-state index is 0.310. The first kappa shape index (κ1) is 10.7. The molecule has 0 saturated carbocycles. The Morgan fingerprint density at radius 1 is 1.43 bits per heavy atom. The summed E-state index contributed by atoms with van der Waals surface area (Å²) in [5, 5.41) is 8.80. The lowest BCUT2D eigenvalue weighted by molar-refractivity contribution is -0.138. The zero-order chi connectivity index (χ0) is 10.9. The van der Waals surface area contributed by atoms with Gasteiger partial charge in [-0.2, -0.15) is 0 Å². The predicted molar refractivity (Wildman–Crippen MR) is 51.9 cm³/mol. The van der Waals surface area contributed by atoms with Crippen molar-refractivity contribution in [2.75, 3.05) is 0 Å². The van der Waals surface area contributed by atoms with Gasteiger partial charge in [0, 0.05) is 0 Å². The monoisotopic (exact) mass is 196 g/mol. The van der Waals surface area contributed by atoms with Crippen LogP contribution >= 0.6 is 0 Å². The van der Waals surface area contributed by atoms with Crippen molar-refractivity contribution in [2.45, 2.75) is 26.7 Å². The summed E-state index contributed by atoms with van der Waals surface area (Å²) in [7, 11) is 0. The minimum Gasteiger partial charge on any atom is -0.481 e.